The summed E-state index contributed by atoms with van der Waals surface area (Å²) in [7, 11) is 0. The molecule has 1 aliphatic carbocycles. The van der Waals surface area contributed by atoms with Crippen LogP contribution in [0.25, 0.3) is 0 Å². The third-order valence-corrected chi connectivity index (χ3v) is 7.04. The number of rotatable bonds is 7. The van der Waals surface area contributed by atoms with Gasteiger partial charge in [-0.2, -0.15) is 5.01 Å². The minimum absolute atomic E-state index is 0.0296. The molecule has 2 fully saturated rings. The molecule has 1 saturated heterocycles. The van der Waals surface area contributed by atoms with Gasteiger partial charge in [0.25, 0.3) is 17.7 Å². The lowest BCUT2D eigenvalue weighted by Crippen LogP contribution is -2.52. The van der Waals surface area contributed by atoms with Crippen LogP contribution in [0, 0.1) is 11.8 Å². The summed E-state index contributed by atoms with van der Waals surface area (Å²) in [5.74, 6) is -3.56. The summed E-state index contributed by atoms with van der Waals surface area (Å²) in [6.45, 7) is -0.538. The highest BCUT2D eigenvalue weighted by Crippen LogP contribution is 2.39. The number of hydrogen-bond acceptors (Lipinski definition) is 7. The second kappa shape index (κ2) is 10.6. The van der Waals surface area contributed by atoms with Crippen molar-refractivity contribution in [3.05, 3.63) is 88.8 Å². The lowest BCUT2D eigenvalue weighted by molar-refractivity contribution is -0.154. The minimum Gasteiger partial charge on any atom is -0.457 e. The van der Waals surface area contributed by atoms with Gasteiger partial charge in [-0.25, -0.2) is 9.80 Å². The van der Waals surface area contributed by atoms with E-state index in [1.54, 1.807) is 6.07 Å². The fourth-order valence-corrected chi connectivity index (χ4v) is 4.97. The van der Waals surface area contributed by atoms with Crippen LogP contribution in [0.4, 0.5) is 0 Å². The topological polar surface area (TPSA) is 114 Å². The number of nitrogens with zero attached hydrogens (tertiary/aromatic N) is 2. The van der Waals surface area contributed by atoms with Crippen molar-refractivity contribution in [2.24, 2.45) is 11.8 Å². The van der Waals surface area contributed by atoms with E-state index < -0.39 is 47.9 Å². The normalized spacial score (nSPS) is 18.7. The van der Waals surface area contributed by atoms with E-state index in [2.05, 4.69) is 0 Å². The van der Waals surface area contributed by atoms with E-state index in [-0.39, 0.29) is 22.6 Å². The summed E-state index contributed by atoms with van der Waals surface area (Å²) in [6, 6.07) is 14.7. The van der Waals surface area contributed by atoms with Crippen LogP contribution in [-0.4, -0.2) is 46.0 Å². The lowest BCUT2D eigenvalue weighted by atomic mass is 9.81. The number of Topliss-reactive ketones (excluding diaryl/α,β-unsaturated/α-hetero) is 1. The van der Waals surface area contributed by atoms with Crippen molar-refractivity contribution in [2.45, 2.75) is 25.7 Å². The van der Waals surface area contributed by atoms with Crippen LogP contribution < -0.4 is 4.74 Å². The van der Waals surface area contributed by atoms with Crippen molar-refractivity contribution in [1.82, 2.24) is 10.0 Å². The van der Waals surface area contributed by atoms with E-state index in [9.17, 15) is 24.0 Å². The molecular formula is C28H23ClN2O7. The Balaban J connectivity index is 1.38. The Labute approximate surface area is 222 Å². The van der Waals surface area contributed by atoms with Crippen LogP contribution in [0.3, 0.4) is 0 Å². The first-order valence-electron chi connectivity index (χ1n) is 12.2. The number of furan rings is 1. The van der Waals surface area contributed by atoms with Gasteiger partial charge in [0.2, 0.25) is 5.76 Å². The maximum absolute atomic E-state index is 13.5. The third kappa shape index (κ3) is 4.97. The van der Waals surface area contributed by atoms with Crippen LogP contribution in [0.1, 0.15) is 57.0 Å². The molecule has 194 valence electrons. The van der Waals surface area contributed by atoms with E-state index in [1.807, 2.05) is 0 Å². The Morgan fingerprint density at radius 1 is 0.895 bits per heavy atom. The number of imide groups is 1. The van der Waals surface area contributed by atoms with Gasteiger partial charge in [0, 0.05) is 16.1 Å². The zero-order valence-electron chi connectivity index (χ0n) is 20.2. The molecule has 3 amide bonds. The Kier molecular flexibility index (Phi) is 7.11. The highest BCUT2D eigenvalue weighted by atomic mass is 35.5. The Morgan fingerprint density at radius 2 is 1.50 bits per heavy atom. The number of esters is 1. The average molecular weight is 535 g/mol. The summed E-state index contributed by atoms with van der Waals surface area (Å²) in [4.78, 5) is 65.4. The van der Waals surface area contributed by atoms with Gasteiger partial charge in [-0.1, -0.05) is 24.4 Å². The van der Waals surface area contributed by atoms with E-state index in [0.29, 0.717) is 17.9 Å². The molecule has 2 aromatic carbocycles. The standard InChI is InChI=1S/C28H23ClN2O7/c29-19-11-7-18(8-12-19)25(33)30(31-26(34)21-4-1-2-5-22(21)27(31)35)16-23(32)17-9-13-20(14-10-17)38-28(36)24-6-3-15-37-24/h3,6-15,21-22H,1-2,4-5,16H2/t21-,22-/m0/s1. The van der Waals surface area contributed by atoms with Crippen molar-refractivity contribution in [2.75, 3.05) is 6.54 Å². The first-order chi connectivity index (χ1) is 18.3. The van der Waals surface area contributed by atoms with Gasteiger partial charge < -0.3 is 9.15 Å². The van der Waals surface area contributed by atoms with Gasteiger partial charge >= 0.3 is 5.97 Å². The number of benzene rings is 2. The molecule has 1 aliphatic heterocycles. The zero-order chi connectivity index (χ0) is 26.8. The lowest BCUT2D eigenvalue weighted by Gasteiger charge is -2.30. The first kappa shape index (κ1) is 25.4. The van der Waals surface area contributed by atoms with E-state index >= 15 is 0 Å². The van der Waals surface area contributed by atoms with Crippen LogP contribution in [-0.2, 0) is 9.59 Å². The SMILES string of the molecule is O=C(CN(C(=O)c1ccc(Cl)cc1)N1C(=O)[C@H]2CCCC[C@@H]2C1=O)c1ccc(OC(=O)c2ccco2)cc1. The molecule has 1 aromatic heterocycles. The predicted molar refractivity (Wildman–Crippen MR) is 134 cm³/mol. The number of carbonyl (C=O) groups excluding carboxylic acids is 5. The maximum Gasteiger partial charge on any atom is 0.379 e. The van der Waals surface area contributed by atoms with Gasteiger partial charge in [-0.05, 0) is 73.5 Å². The molecule has 10 heteroatoms. The Bertz CT molecular complexity index is 1360. The molecular weight excluding hydrogens is 512 g/mol. The molecule has 0 radical (unpaired) electrons. The Morgan fingerprint density at radius 3 is 2.08 bits per heavy atom. The van der Waals surface area contributed by atoms with Gasteiger partial charge in [0.1, 0.15) is 12.3 Å². The molecule has 0 spiro atoms. The highest BCUT2D eigenvalue weighted by molar-refractivity contribution is 6.30. The summed E-state index contributed by atoms with van der Waals surface area (Å²) in [6.07, 6.45) is 4.14. The smallest absolute Gasteiger partial charge is 0.379 e. The number of ether oxygens (including phenoxy) is 1. The first-order valence-corrected chi connectivity index (χ1v) is 12.6. The molecule has 2 aliphatic rings. The van der Waals surface area contributed by atoms with Crippen molar-refractivity contribution < 1.29 is 33.1 Å². The molecule has 1 saturated carbocycles. The van der Waals surface area contributed by atoms with E-state index in [1.165, 1.54) is 60.9 Å². The third-order valence-electron chi connectivity index (χ3n) is 6.79. The second-order valence-corrected chi connectivity index (χ2v) is 9.61. The maximum atomic E-state index is 13.5. The van der Waals surface area contributed by atoms with Crippen molar-refractivity contribution in [3.8, 4) is 5.75 Å². The van der Waals surface area contributed by atoms with Gasteiger partial charge in [-0.15, -0.1) is 0 Å². The fraction of sp³-hybridized carbons (Fsp3) is 0.250. The number of hydrogen-bond donors (Lipinski definition) is 0. The summed E-state index contributed by atoms with van der Waals surface area (Å²) in [5.41, 5.74) is 0.381. The summed E-state index contributed by atoms with van der Waals surface area (Å²) < 4.78 is 10.2. The van der Waals surface area contributed by atoms with Crippen LogP contribution >= 0.6 is 11.6 Å². The monoisotopic (exact) mass is 534 g/mol. The largest absolute Gasteiger partial charge is 0.457 e. The molecule has 2 atom stereocenters. The summed E-state index contributed by atoms with van der Waals surface area (Å²) in [5, 5.41) is 2.20. The van der Waals surface area contributed by atoms with Gasteiger partial charge in [0.05, 0.1) is 18.1 Å². The number of fused-ring (bicyclic) bond motifs is 1. The average Bonchev–Trinajstić information content (AvgIpc) is 3.56. The molecule has 0 N–H and O–H groups in total. The molecule has 0 unspecified atom stereocenters. The molecule has 5 rings (SSSR count). The summed E-state index contributed by atoms with van der Waals surface area (Å²) >= 11 is 5.96. The second-order valence-electron chi connectivity index (χ2n) is 9.17. The van der Waals surface area contributed by atoms with Crippen molar-refractivity contribution in [1.29, 1.82) is 0 Å². The fourth-order valence-electron chi connectivity index (χ4n) is 4.85. The van der Waals surface area contributed by atoms with E-state index in [4.69, 9.17) is 20.8 Å². The predicted octanol–water partition coefficient (Wildman–Crippen LogP) is 4.57. The molecule has 2 heterocycles. The van der Waals surface area contributed by atoms with Crippen LogP contribution in [0.15, 0.2) is 71.3 Å². The molecule has 3 aromatic rings. The quantitative estimate of drug-likeness (QED) is 0.189. The molecule has 38 heavy (non-hydrogen) atoms. The number of hydrazine groups is 1. The van der Waals surface area contributed by atoms with Gasteiger partial charge in [-0.3, -0.25) is 19.2 Å². The number of amides is 3. The number of halogens is 1. The van der Waals surface area contributed by atoms with E-state index in [0.717, 1.165) is 22.9 Å². The number of carbonyl (C=O) groups is 5. The minimum atomic E-state index is -0.693. The molecule has 9 nitrogen and oxygen atoms in total. The van der Waals surface area contributed by atoms with Crippen molar-refractivity contribution >= 4 is 41.1 Å². The van der Waals surface area contributed by atoms with Crippen LogP contribution in [0.2, 0.25) is 5.02 Å². The zero-order valence-corrected chi connectivity index (χ0v) is 20.9. The highest BCUT2D eigenvalue weighted by Gasteiger charge is 2.51. The Hall–Kier alpha value is -4.24. The molecule has 0 bridgehead atoms. The van der Waals surface area contributed by atoms with Gasteiger partial charge in [0.15, 0.2) is 5.78 Å². The van der Waals surface area contributed by atoms with Crippen molar-refractivity contribution in [3.63, 3.8) is 0 Å². The van der Waals surface area contributed by atoms with Crippen LogP contribution in [0.5, 0.6) is 5.75 Å². The number of ketones is 1.